The van der Waals surface area contributed by atoms with Gasteiger partial charge in [0.1, 0.15) is 0 Å². The van der Waals surface area contributed by atoms with E-state index in [0.29, 0.717) is 33.8 Å². The van der Waals surface area contributed by atoms with Crippen LogP contribution in [-0.4, -0.2) is 29.0 Å². The largest absolute Gasteiger partial charge is 0.490 e. The second-order valence-corrected chi connectivity index (χ2v) is 6.93. The number of nitrogens with one attached hydrogen (secondary N) is 2. The Morgan fingerprint density at radius 1 is 1.00 bits per heavy atom. The first-order chi connectivity index (χ1) is 14.9. The summed E-state index contributed by atoms with van der Waals surface area (Å²) < 4.78 is 5.14. The van der Waals surface area contributed by atoms with Crippen LogP contribution in [0.4, 0.5) is 22.7 Å². The summed E-state index contributed by atoms with van der Waals surface area (Å²) in [5.74, 6) is -1.13. The lowest BCUT2D eigenvalue weighted by atomic mass is 10.0. The Bertz CT molecular complexity index is 1240. The Labute approximate surface area is 176 Å². The molecule has 1 amide bonds. The third-order valence-corrected chi connectivity index (χ3v) is 4.93. The molecule has 0 saturated heterocycles. The summed E-state index contributed by atoms with van der Waals surface area (Å²) in [4.78, 5) is 34.3. The highest BCUT2D eigenvalue weighted by Crippen LogP contribution is 2.37. The molecule has 3 aromatic carbocycles. The molecule has 0 unspecified atom stereocenters. The fourth-order valence-corrected chi connectivity index (χ4v) is 3.46. The van der Waals surface area contributed by atoms with Crippen molar-refractivity contribution < 1.29 is 24.4 Å². The molecule has 156 valence electrons. The molecule has 0 aliphatic carbocycles. The molecule has 0 bridgehead atoms. The Morgan fingerprint density at radius 3 is 2.45 bits per heavy atom. The van der Waals surface area contributed by atoms with Crippen LogP contribution in [0.1, 0.15) is 15.9 Å². The fraction of sp³-hybridized carbons (Fsp3) is 0.0909. The van der Waals surface area contributed by atoms with Crippen molar-refractivity contribution in [2.75, 3.05) is 17.7 Å². The predicted molar refractivity (Wildman–Crippen MR) is 114 cm³/mol. The van der Waals surface area contributed by atoms with Gasteiger partial charge in [-0.25, -0.2) is 0 Å². The summed E-state index contributed by atoms with van der Waals surface area (Å²) in [5.41, 5.74) is 3.89. The predicted octanol–water partition coefficient (Wildman–Crippen LogP) is 4.21. The monoisotopic (exact) mass is 419 g/mol. The zero-order valence-electron chi connectivity index (χ0n) is 16.3. The average Bonchev–Trinajstić information content (AvgIpc) is 2.87. The Kier molecular flexibility index (Phi) is 5.00. The van der Waals surface area contributed by atoms with Gasteiger partial charge in [0.2, 0.25) is 0 Å². The zero-order chi connectivity index (χ0) is 22.1. The molecule has 1 heterocycles. The molecular weight excluding hydrogens is 402 g/mol. The Hall–Kier alpha value is -4.40. The molecule has 0 spiro atoms. The zero-order valence-corrected chi connectivity index (χ0v) is 16.3. The maximum Gasteiger partial charge on any atom is 0.310 e. The number of ether oxygens (including phenoxy) is 1. The van der Waals surface area contributed by atoms with Crippen molar-refractivity contribution >= 4 is 34.6 Å². The Morgan fingerprint density at radius 2 is 1.74 bits per heavy atom. The molecule has 31 heavy (non-hydrogen) atoms. The highest BCUT2D eigenvalue weighted by Gasteiger charge is 2.21. The minimum Gasteiger partial charge on any atom is -0.490 e. The van der Waals surface area contributed by atoms with Gasteiger partial charge in [-0.05, 0) is 53.1 Å². The maximum absolute atomic E-state index is 12.7. The van der Waals surface area contributed by atoms with Gasteiger partial charge in [-0.3, -0.25) is 19.7 Å². The van der Waals surface area contributed by atoms with E-state index in [-0.39, 0.29) is 23.8 Å². The summed E-state index contributed by atoms with van der Waals surface area (Å²) in [5, 5.41) is 26.2. The van der Waals surface area contributed by atoms with Crippen molar-refractivity contribution in [3.63, 3.8) is 0 Å². The van der Waals surface area contributed by atoms with Gasteiger partial charge in [-0.15, -0.1) is 0 Å². The van der Waals surface area contributed by atoms with E-state index in [1.54, 1.807) is 48.5 Å². The SMILES string of the molecule is COc1cc(-c2ccc3c(c2)Nc2cc(CC(=O)O)ccc2NC3=O)ccc1[N+](=O)[O-]. The smallest absolute Gasteiger partial charge is 0.310 e. The summed E-state index contributed by atoms with van der Waals surface area (Å²) in [7, 11) is 1.36. The molecule has 0 aromatic heterocycles. The molecule has 9 heteroatoms. The highest BCUT2D eigenvalue weighted by molar-refractivity contribution is 6.12. The molecular formula is C22H17N3O6. The van der Waals surface area contributed by atoms with E-state index in [1.165, 1.54) is 13.2 Å². The standard InChI is InChI=1S/C22H17N3O6/c1-31-20-11-14(4-7-19(20)25(29)30)13-3-5-15-17(10-13)23-18-8-12(9-21(26)27)2-6-16(18)24-22(15)28/h2-8,10-11,23H,9H2,1H3,(H,24,28)(H,26,27). The van der Waals surface area contributed by atoms with Gasteiger partial charge >= 0.3 is 11.7 Å². The van der Waals surface area contributed by atoms with E-state index in [2.05, 4.69) is 10.6 Å². The second kappa shape index (κ2) is 7.79. The first-order valence-corrected chi connectivity index (χ1v) is 9.25. The number of aliphatic carboxylic acids is 1. The molecule has 4 rings (SSSR count). The molecule has 1 aliphatic heterocycles. The first-order valence-electron chi connectivity index (χ1n) is 9.25. The van der Waals surface area contributed by atoms with Crippen LogP contribution in [-0.2, 0) is 11.2 Å². The van der Waals surface area contributed by atoms with E-state index >= 15 is 0 Å². The van der Waals surface area contributed by atoms with Crippen LogP contribution in [0.5, 0.6) is 5.75 Å². The molecule has 0 saturated carbocycles. The van der Waals surface area contributed by atoms with Gasteiger partial charge in [-0.1, -0.05) is 12.1 Å². The maximum atomic E-state index is 12.7. The van der Waals surface area contributed by atoms with Crippen molar-refractivity contribution in [2.45, 2.75) is 6.42 Å². The van der Waals surface area contributed by atoms with Crippen LogP contribution in [0.2, 0.25) is 0 Å². The number of nitro benzene ring substituents is 1. The number of carbonyl (C=O) groups is 2. The number of hydrogen-bond donors (Lipinski definition) is 3. The molecule has 3 N–H and O–H groups in total. The topological polar surface area (TPSA) is 131 Å². The Balaban J connectivity index is 1.75. The molecule has 1 aliphatic rings. The molecule has 9 nitrogen and oxygen atoms in total. The number of amides is 1. The number of hydrogen-bond acceptors (Lipinski definition) is 6. The van der Waals surface area contributed by atoms with Crippen LogP contribution in [0.15, 0.2) is 54.6 Å². The highest BCUT2D eigenvalue weighted by atomic mass is 16.6. The number of fused-ring (bicyclic) bond motifs is 2. The van der Waals surface area contributed by atoms with Gasteiger partial charge in [-0.2, -0.15) is 0 Å². The van der Waals surface area contributed by atoms with Gasteiger partial charge in [0.15, 0.2) is 5.75 Å². The van der Waals surface area contributed by atoms with Crippen LogP contribution in [0, 0.1) is 10.1 Å². The van der Waals surface area contributed by atoms with Crippen molar-refractivity contribution in [1.29, 1.82) is 0 Å². The number of benzene rings is 3. The molecule has 0 fully saturated rings. The third kappa shape index (κ3) is 3.88. The lowest BCUT2D eigenvalue weighted by Crippen LogP contribution is -2.10. The van der Waals surface area contributed by atoms with Crippen LogP contribution < -0.4 is 15.4 Å². The number of carboxylic acids is 1. The number of nitrogens with zero attached hydrogens (tertiary/aromatic N) is 1. The van der Waals surface area contributed by atoms with Crippen LogP contribution >= 0.6 is 0 Å². The number of nitro groups is 1. The van der Waals surface area contributed by atoms with E-state index < -0.39 is 10.9 Å². The summed E-state index contributed by atoms with van der Waals surface area (Å²) in [6.45, 7) is 0. The van der Waals surface area contributed by atoms with E-state index in [4.69, 9.17) is 9.84 Å². The second-order valence-electron chi connectivity index (χ2n) is 6.93. The first kappa shape index (κ1) is 19.9. The van der Waals surface area contributed by atoms with E-state index in [1.807, 2.05) is 0 Å². The average molecular weight is 419 g/mol. The number of carbonyl (C=O) groups excluding carboxylic acids is 1. The van der Waals surface area contributed by atoms with Crippen LogP contribution in [0.25, 0.3) is 11.1 Å². The molecule has 0 radical (unpaired) electrons. The fourth-order valence-electron chi connectivity index (χ4n) is 3.46. The van der Waals surface area contributed by atoms with E-state index in [0.717, 1.165) is 5.56 Å². The molecule has 0 atom stereocenters. The number of anilines is 3. The van der Waals surface area contributed by atoms with Crippen molar-refractivity contribution in [3.8, 4) is 16.9 Å². The van der Waals surface area contributed by atoms with E-state index in [9.17, 15) is 19.7 Å². The van der Waals surface area contributed by atoms with Gasteiger partial charge < -0.3 is 20.5 Å². The van der Waals surface area contributed by atoms with Crippen molar-refractivity contribution in [3.05, 3.63) is 75.8 Å². The van der Waals surface area contributed by atoms with Crippen molar-refractivity contribution in [1.82, 2.24) is 0 Å². The third-order valence-electron chi connectivity index (χ3n) is 4.93. The van der Waals surface area contributed by atoms with Gasteiger partial charge in [0, 0.05) is 6.07 Å². The normalized spacial score (nSPS) is 12.0. The lowest BCUT2D eigenvalue weighted by molar-refractivity contribution is -0.385. The lowest BCUT2D eigenvalue weighted by Gasteiger charge is -2.12. The number of methoxy groups -OCH3 is 1. The summed E-state index contributed by atoms with van der Waals surface area (Å²) in [6, 6.07) is 14.7. The van der Waals surface area contributed by atoms with Gasteiger partial charge in [0.05, 0.1) is 41.1 Å². The summed E-state index contributed by atoms with van der Waals surface area (Å²) >= 11 is 0. The minimum atomic E-state index is -0.951. The van der Waals surface area contributed by atoms with Crippen LogP contribution in [0.3, 0.4) is 0 Å². The number of rotatable bonds is 5. The summed E-state index contributed by atoms with van der Waals surface area (Å²) in [6.07, 6.45) is -0.140. The minimum absolute atomic E-state index is 0.131. The molecule has 3 aromatic rings. The van der Waals surface area contributed by atoms with Gasteiger partial charge in [0.25, 0.3) is 5.91 Å². The van der Waals surface area contributed by atoms with Crippen molar-refractivity contribution in [2.24, 2.45) is 0 Å². The quantitative estimate of drug-likeness (QED) is 0.417. The number of carboxylic acid groups (broad SMARTS) is 1.